The molecule has 2 aromatic rings. The second-order valence-electron chi connectivity index (χ2n) is 8.33. The Morgan fingerprint density at radius 2 is 1.94 bits per heavy atom. The molecule has 2 heterocycles. The van der Waals surface area contributed by atoms with Crippen molar-refractivity contribution in [2.24, 2.45) is 0 Å². The van der Waals surface area contributed by atoms with Gasteiger partial charge in [-0.05, 0) is 56.2 Å². The second kappa shape index (κ2) is 9.86. The fourth-order valence-electron chi connectivity index (χ4n) is 4.62. The van der Waals surface area contributed by atoms with Crippen molar-refractivity contribution >= 4 is 23.3 Å². The largest absolute Gasteiger partial charge is 0.494 e. The molecule has 0 spiro atoms. The molecule has 0 aromatic heterocycles. The number of carbonyl (C=O) groups is 2. The molecule has 31 heavy (non-hydrogen) atoms. The van der Waals surface area contributed by atoms with Crippen molar-refractivity contribution in [2.75, 3.05) is 30.4 Å². The summed E-state index contributed by atoms with van der Waals surface area (Å²) in [6.07, 6.45) is 6.61. The average molecular weight is 422 g/mol. The van der Waals surface area contributed by atoms with Crippen LogP contribution in [0.25, 0.3) is 0 Å². The minimum atomic E-state index is -0.0650. The number of nitrogens with zero attached hydrogens (tertiary/aromatic N) is 2. The standard InChI is InChI=1S/C25H31N3O3/c1-31-23-18-20(13-15-22(23)28-17-7-11-24(28)29)26-25(30)27-16-6-5-10-21(27)14-12-19-8-3-2-4-9-19/h2-4,8-9,13,15,18,21H,5-7,10-12,14,16-17H2,1H3,(H,26,30)/t21-/m0/s1. The lowest BCUT2D eigenvalue weighted by molar-refractivity contribution is -0.117. The first-order valence-corrected chi connectivity index (χ1v) is 11.3. The summed E-state index contributed by atoms with van der Waals surface area (Å²) < 4.78 is 5.52. The third kappa shape index (κ3) is 5.01. The van der Waals surface area contributed by atoms with Crippen molar-refractivity contribution in [1.29, 1.82) is 0 Å². The number of rotatable bonds is 6. The van der Waals surface area contributed by atoms with E-state index in [9.17, 15) is 9.59 Å². The summed E-state index contributed by atoms with van der Waals surface area (Å²) in [5.74, 6) is 0.719. The molecule has 1 atom stereocenters. The van der Waals surface area contributed by atoms with E-state index < -0.39 is 0 Å². The summed E-state index contributed by atoms with van der Waals surface area (Å²) >= 11 is 0. The first-order valence-electron chi connectivity index (χ1n) is 11.3. The Balaban J connectivity index is 1.42. The molecule has 3 amide bonds. The van der Waals surface area contributed by atoms with Gasteiger partial charge in [-0.15, -0.1) is 0 Å². The van der Waals surface area contributed by atoms with Crippen LogP contribution < -0.4 is 15.0 Å². The van der Waals surface area contributed by atoms with E-state index in [1.54, 1.807) is 12.0 Å². The Morgan fingerprint density at radius 3 is 2.68 bits per heavy atom. The summed E-state index contributed by atoms with van der Waals surface area (Å²) in [6.45, 7) is 1.49. The predicted octanol–water partition coefficient (Wildman–Crippen LogP) is 4.84. The number of methoxy groups -OCH3 is 1. The third-order valence-corrected chi connectivity index (χ3v) is 6.29. The zero-order valence-corrected chi connectivity index (χ0v) is 18.2. The maximum Gasteiger partial charge on any atom is 0.322 e. The van der Waals surface area contributed by atoms with Gasteiger partial charge in [0.15, 0.2) is 0 Å². The van der Waals surface area contributed by atoms with E-state index in [1.165, 1.54) is 5.56 Å². The Labute approximate surface area is 184 Å². The van der Waals surface area contributed by atoms with Crippen LogP contribution in [0.2, 0.25) is 0 Å². The molecule has 164 valence electrons. The van der Waals surface area contributed by atoms with E-state index in [2.05, 4.69) is 29.6 Å². The Kier molecular flexibility index (Phi) is 6.75. The molecule has 4 rings (SSSR count). The lowest BCUT2D eigenvalue weighted by atomic mass is 9.96. The molecule has 6 nitrogen and oxygen atoms in total. The zero-order valence-electron chi connectivity index (χ0n) is 18.2. The molecule has 2 fully saturated rings. The minimum absolute atomic E-state index is 0.0650. The van der Waals surface area contributed by atoms with E-state index in [4.69, 9.17) is 4.74 Å². The maximum atomic E-state index is 13.1. The molecule has 1 N–H and O–H groups in total. The van der Waals surface area contributed by atoms with Gasteiger partial charge in [0.2, 0.25) is 5.91 Å². The molecule has 0 aliphatic carbocycles. The zero-order chi connectivity index (χ0) is 21.6. The van der Waals surface area contributed by atoms with E-state index in [-0.39, 0.29) is 18.0 Å². The Bertz CT molecular complexity index is 915. The number of aryl methyl sites for hydroxylation is 1. The Hall–Kier alpha value is -3.02. The Morgan fingerprint density at radius 1 is 1.10 bits per heavy atom. The second-order valence-corrected chi connectivity index (χ2v) is 8.33. The number of hydrogen-bond donors (Lipinski definition) is 1. The highest BCUT2D eigenvalue weighted by Crippen LogP contribution is 2.34. The molecule has 6 heteroatoms. The van der Waals surface area contributed by atoms with Crippen LogP contribution in [0.4, 0.5) is 16.2 Å². The number of likely N-dealkylation sites (tertiary alicyclic amines) is 1. The average Bonchev–Trinajstić information content (AvgIpc) is 3.24. The molecule has 0 unspecified atom stereocenters. The quantitative estimate of drug-likeness (QED) is 0.726. The van der Waals surface area contributed by atoms with E-state index in [0.29, 0.717) is 24.4 Å². The van der Waals surface area contributed by atoms with Crippen LogP contribution in [-0.2, 0) is 11.2 Å². The molecule has 2 aliphatic rings. The first-order chi connectivity index (χ1) is 15.2. The number of nitrogens with one attached hydrogen (secondary N) is 1. The number of hydrogen-bond acceptors (Lipinski definition) is 3. The van der Waals surface area contributed by atoms with Gasteiger partial charge in [-0.2, -0.15) is 0 Å². The van der Waals surface area contributed by atoms with Crippen molar-refractivity contribution in [2.45, 2.75) is 51.0 Å². The van der Waals surface area contributed by atoms with Gasteiger partial charge < -0.3 is 19.9 Å². The van der Waals surface area contributed by atoms with Crippen LogP contribution in [0.3, 0.4) is 0 Å². The lowest BCUT2D eigenvalue weighted by Gasteiger charge is -2.36. The third-order valence-electron chi connectivity index (χ3n) is 6.29. The van der Waals surface area contributed by atoms with Crippen molar-refractivity contribution in [3.05, 3.63) is 54.1 Å². The van der Waals surface area contributed by atoms with Crippen molar-refractivity contribution < 1.29 is 14.3 Å². The van der Waals surface area contributed by atoms with Crippen LogP contribution in [0.5, 0.6) is 5.75 Å². The van der Waals surface area contributed by atoms with Gasteiger partial charge in [0.05, 0.1) is 12.8 Å². The molecule has 2 aliphatic heterocycles. The molecular weight excluding hydrogens is 390 g/mol. The number of amides is 3. The summed E-state index contributed by atoms with van der Waals surface area (Å²) in [4.78, 5) is 28.9. The van der Waals surface area contributed by atoms with Gasteiger partial charge in [0.1, 0.15) is 5.75 Å². The minimum Gasteiger partial charge on any atom is -0.494 e. The van der Waals surface area contributed by atoms with Gasteiger partial charge in [-0.25, -0.2) is 4.79 Å². The fourth-order valence-corrected chi connectivity index (χ4v) is 4.62. The summed E-state index contributed by atoms with van der Waals surface area (Å²) in [6, 6.07) is 16.1. The van der Waals surface area contributed by atoms with E-state index in [0.717, 1.165) is 50.8 Å². The van der Waals surface area contributed by atoms with Crippen LogP contribution in [0.1, 0.15) is 44.1 Å². The number of carbonyl (C=O) groups excluding carboxylic acids is 2. The highest BCUT2D eigenvalue weighted by molar-refractivity contribution is 5.97. The van der Waals surface area contributed by atoms with Gasteiger partial charge in [-0.1, -0.05) is 30.3 Å². The first kappa shape index (κ1) is 21.2. The number of piperidine rings is 1. The molecule has 0 saturated carbocycles. The van der Waals surface area contributed by atoms with Crippen molar-refractivity contribution in [1.82, 2.24) is 4.90 Å². The van der Waals surface area contributed by atoms with E-state index in [1.807, 2.05) is 29.2 Å². The van der Waals surface area contributed by atoms with Gasteiger partial charge in [0.25, 0.3) is 0 Å². The number of benzene rings is 2. The smallest absolute Gasteiger partial charge is 0.322 e. The van der Waals surface area contributed by atoms with E-state index >= 15 is 0 Å². The molecule has 0 bridgehead atoms. The molecule has 2 saturated heterocycles. The lowest BCUT2D eigenvalue weighted by Crippen LogP contribution is -2.46. The van der Waals surface area contributed by atoms with Gasteiger partial charge in [-0.3, -0.25) is 4.79 Å². The summed E-state index contributed by atoms with van der Waals surface area (Å²) in [5.41, 5.74) is 2.76. The number of ether oxygens (including phenoxy) is 1. The normalized spacial score (nSPS) is 18.9. The molecule has 2 aromatic carbocycles. The SMILES string of the molecule is COc1cc(NC(=O)N2CCCC[C@H]2CCc2ccccc2)ccc1N1CCCC1=O. The monoisotopic (exact) mass is 421 g/mol. The highest BCUT2D eigenvalue weighted by Gasteiger charge is 2.28. The number of anilines is 2. The summed E-state index contributed by atoms with van der Waals surface area (Å²) in [5, 5.41) is 3.05. The fraction of sp³-hybridized carbons (Fsp3) is 0.440. The predicted molar refractivity (Wildman–Crippen MR) is 123 cm³/mol. The van der Waals surface area contributed by atoms with Crippen molar-refractivity contribution in [3.8, 4) is 5.75 Å². The topological polar surface area (TPSA) is 61.9 Å². The molecule has 0 radical (unpaired) electrons. The molecular formula is C25H31N3O3. The van der Waals surface area contributed by atoms with Crippen LogP contribution in [0, 0.1) is 0 Å². The van der Waals surface area contributed by atoms with Crippen LogP contribution in [0.15, 0.2) is 48.5 Å². The summed E-state index contributed by atoms with van der Waals surface area (Å²) in [7, 11) is 1.59. The van der Waals surface area contributed by atoms with Crippen LogP contribution >= 0.6 is 0 Å². The highest BCUT2D eigenvalue weighted by atomic mass is 16.5. The van der Waals surface area contributed by atoms with Crippen LogP contribution in [-0.4, -0.2) is 43.1 Å². The van der Waals surface area contributed by atoms with Crippen molar-refractivity contribution in [3.63, 3.8) is 0 Å². The van der Waals surface area contributed by atoms with Gasteiger partial charge in [0, 0.05) is 37.3 Å². The number of urea groups is 1. The maximum absolute atomic E-state index is 13.1. The van der Waals surface area contributed by atoms with Gasteiger partial charge >= 0.3 is 6.03 Å².